The molecule has 1 aliphatic carbocycles. The maximum absolute atomic E-state index is 12.5. The molecule has 0 bridgehead atoms. The monoisotopic (exact) mass is 370 g/mol. The van der Waals surface area contributed by atoms with Gasteiger partial charge in [0.25, 0.3) is 0 Å². The third kappa shape index (κ3) is 5.81. The summed E-state index contributed by atoms with van der Waals surface area (Å²) in [7, 11) is 0. The smallest absolute Gasteiger partial charge is 0.225 e. The van der Waals surface area contributed by atoms with Gasteiger partial charge in [-0.3, -0.25) is 10.1 Å². The summed E-state index contributed by atoms with van der Waals surface area (Å²) in [5.74, 6) is 1.82. The van der Waals surface area contributed by atoms with Crippen molar-refractivity contribution in [3.05, 3.63) is 0 Å². The van der Waals surface area contributed by atoms with Gasteiger partial charge in [-0.25, -0.2) is 0 Å². The second kappa shape index (κ2) is 9.54. The Balaban J connectivity index is 1.34. The topological polar surface area (TPSA) is 79.2 Å². The molecule has 6 unspecified atom stereocenters. The first kappa shape index (κ1) is 19.4. The highest BCUT2D eigenvalue weighted by molar-refractivity contribution is 6.20. The standard InChI is InChI=1S/C19H35ClN4O/c20-16-3-1-2-13(9-16)8-14-4-7-18(23-11-14)24-19(25)15-5-6-17(10-21)22-12-15/h13-18,22-23H,1-12,21H2,(H,24,25). The van der Waals surface area contributed by atoms with Gasteiger partial charge in [0.15, 0.2) is 0 Å². The Labute approximate surface area is 157 Å². The zero-order valence-electron chi connectivity index (χ0n) is 15.3. The van der Waals surface area contributed by atoms with E-state index in [0.29, 0.717) is 18.0 Å². The lowest BCUT2D eigenvalue weighted by atomic mass is 9.80. The number of nitrogens with two attached hydrogens (primary N) is 1. The average Bonchev–Trinajstić information content (AvgIpc) is 2.63. The van der Waals surface area contributed by atoms with Crippen LogP contribution in [-0.2, 0) is 4.79 Å². The van der Waals surface area contributed by atoms with E-state index in [0.717, 1.165) is 44.2 Å². The average molecular weight is 371 g/mol. The predicted molar refractivity (Wildman–Crippen MR) is 102 cm³/mol. The fourth-order valence-electron chi connectivity index (χ4n) is 4.78. The number of piperidine rings is 2. The second-order valence-electron chi connectivity index (χ2n) is 8.39. The van der Waals surface area contributed by atoms with Gasteiger partial charge < -0.3 is 16.4 Å². The van der Waals surface area contributed by atoms with Crippen molar-refractivity contribution in [1.82, 2.24) is 16.0 Å². The molecule has 25 heavy (non-hydrogen) atoms. The molecule has 5 nitrogen and oxygen atoms in total. The molecular weight excluding hydrogens is 336 g/mol. The van der Waals surface area contributed by atoms with Crippen LogP contribution in [0.4, 0.5) is 0 Å². The van der Waals surface area contributed by atoms with Crippen LogP contribution in [0.1, 0.15) is 57.8 Å². The molecule has 3 fully saturated rings. The van der Waals surface area contributed by atoms with Gasteiger partial charge in [-0.2, -0.15) is 0 Å². The molecule has 0 aromatic heterocycles. The Morgan fingerprint density at radius 2 is 1.92 bits per heavy atom. The zero-order chi connectivity index (χ0) is 17.6. The third-order valence-corrected chi connectivity index (χ3v) is 6.79. The van der Waals surface area contributed by atoms with Gasteiger partial charge in [0, 0.05) is 24.5 Å². The molecule has 1 saturated carbocycles. The van der Waals surface area contributed by atoms with Gasteiger partial charge >= 0.3 is 0 Å². The van der Waals surface area contributed by atoms with Crippen molar-refractivity contribution in [2.45, 2.75) is 75.4 Å². The molecule has 0 spiro atoms. The van der Waals surface area contributed by atoms with E-state index in [2.05, 4.69) is 16.0 Å². The van der Waals surface area contributed by atoms with Gasteiger partial charge in [0.2, 0.25) is 5.91 Å². The van der Waals surface area contributed by atoms with E-state index in [1.807, 2.05) is 0 Å². The number of rotatable bonds is 5. The summed E-state index contributed by atoms with van der Waals surface area (Å²) in [5, 5.41) is 10.5. The molecule has 0 radical (unpaired) electrons. The van der Waals surface area contributed by atoms with Crippen LogP contribution in [0.2, 0.25) is 0 Å². The van der Waals surface area contributed by atoms with Crippen molar-refractivity contribution >= 4 is 17.5 Å². The molecule has 2 saturated heterocycles. The van der Waals surface area contributed by atoms with Gasteiger partial charge in [-0.05, 0) is 63.3 Å². The van der Waals surface area contributed by atoms with Crippen LogP contribution in [0.15, 0.2) is 0 Å². The molecular formula is C19H35ClN4O. The van der Waals surface area contributed by atoms with E-state index in [9.17, 15) is 4.79 Å². The van der Waals surface area contributed by atoms with E-state index >= 15 is 0 Å². The first-order valence-electron chi connectivity index (χ1n) is 10.2. The van der Waals surface area contributed by atoms with Crippen LogP contribution >= 0.6 is 11.6 Å². The minimum Gasteiger partial charge on any atom is -0.340 e. The summed E-state index contributed by atoms with van der Waals surface area (Å²) >= 11 is 6.33. The van der Waals surface area contributed by atoms with E-state index in [1.165, 1.54) is 38.5 Å². The zero-order valence-corrected chi connectivity index (χ0v) is 16.1. The Morgan fingerprint density at radius 3 is 2.56 bits per heavy atom. The fourth-order valence-corrected chi connectivity index (χ4v) is 5.19. The van der Waals surface area contributed by atoms with Crippen molar-refractivity contribution in [3.8, 4) is 0 Å². The van der Waals surface area contributed by atoms with Crippen molar-refractivity contribution in [2.75, 3.05) is 19.6 Å². The lowest BCUT2D eigenvalue weighted by molar-refractivity contribution is -0.126. The molecule has 0 aromatic rings. The number of nitrogens with one attached hydrogen (secondary N) is 3. The molecule has 2 heterocycles. The summed E-state index contributed by atoms with van der Waals surface area (Å²) < 4.78 is 0. The quantitative estimate of drug-likeness (QED) is 0.558. The Morgan fingerprint density at radius 1 is 1.04 bits per heavy atom. The number of carbonyl (C=O) groups is 1. The molecule has 1 amide bonds. The summed E-state index contributed by atoms with van der Waals surface area (Å²) in [6, 6.07) is 0.380. The van der Waals surface area contributed by atoms with Gasteiger partial charge in [-0.1, -0.05) is 12.8 Å². The number of hydrogen-bond donors (Lipinski definition) is 4. The summed E-state index contributed by atoms with van der Waals surface area (Å²) in [6.07, 6.45) is 10.6. The highest BCUT2D eigenvalue weighted by atomic mass is 35.5. The van der Waals surface area contributed by atoms with Gasteiger partial charge in [0.05, 0.1) is 12.1 Å². The molecule has 3 aliphatic rings. The van der Waals surface area contributed by atoms with Crippen molar-refractivity contribution < 1.29 is 4.79 Å². The maximum atomic E-state index is 12.5. The van der Waals surface area contributed by atoms with Crippen LogP contribution < -0.4 is 21.7 Å². The van der Waals surface area contributed by atoms with E-state index < -0.39 is 0 Å². The lowest BCUT2D eigenvalue weighted by Crippen LogP contribution is -2.54. The van der Waals surface area contributed by atoms with Crippen LogP contribution in [0, 0.1) is 17.8 Å². The van der Waals surface area contributed by atoms with Gasteiger partial charge in [-0.15, -0.1) is 11.6 Å². The highest BCUT2D eigenvalue weighted by Crippen LogP contribution is 2.33. The summed E-state index contributed by atoms with van der Waals surface area (Å²) in [6.45, 7) is 2.43. The normalized spacial score (nSPS) is 39.8. The molecule has 144 valence electrons. The first-order chi connectivity index (χ1) is 12.1. The summed E-state index contributed by atoms with van der Waals surface area (Å²) in [4.78, 5) is 12.5. The fraction of sp³-hybridized carbons (Fsp3) is 0.947. The largest absolute Gasteiger partial charge is 0.340 e. The SMILES string of the molecule is NCC1CCC(C(=O)NC2CCC(CC3CCCC(Cl)C3)CN2)CN1. The van der Waals surface area contributed by atoms with Crippen molar-refractivity contribution in [2.24, 2.45) is 23.5 Å². The van der Waals surface area contributed by atoms with Crippen LogP contribution in [0.25, 0.3) is 0 Å². The maximum Gasteiger partial charge on any atom is 0.225 e. The Kier molecular flexibility index (Phi) is 7.40. The minimum atomic E-state index is 0.0882. The molecule has 2 aliphatic heterocycles. The number of halogens is 1. The second-order valence-corrected chi connectivity index (χ2v) is 9.01. The summed E-state index contributed by atoms with van der Waals surface area (Å²) in [5.41, 5.74) is 5.68. The highest BCUT2D eigenvalue weighted by Gasteiger charge is 2.30. The molecule has 3 rings (SSSR count). The predicted octanol–water partition coefficient (Wildman–Crippen LogP) is 1.94. The van der Waals surface area contributed by atoms with Gasteiger partial charge in [0.1, 0.15) is 0 Å². The molecule has 6 heteroatoms. The van der Waals surface area contributed by atoms with Crippen LogP contribution in [0.3, 0.4) is 0 Å². The first-order valence-corrected chi connectivity index (χ1v) is 10.7. The van der Waals surface area contributed by atoms with E-state index in [4.69, 9.17) is 17.3 Å². The number of alkyl halides is 1. The van der Waals surface area contributed by atoms with Crippen molar-refractivity contribution in [3.63, 3.8) is 0 Å². The molecule has 5 N–H and O–H groups in total. The van der Waals surface area contributed by atoms with E-state index in [-0.39, 0.29) is 18.0 Å². The van der Waals surface area contributed by atoms with E-state index in [1.54, 1.807) is 0 Å². The van der Waals surface area contributed by atoms with Crippen LogP contribution in [0.5, 0.6) is 0 Å². The third-order valence-electron chi connectivity index (χ3n) is 6.39. The van der Waals surface area contributed by atoms with Crippen molar-refractivity contribution in [1.29, 1.82) is 0 Å². The Hall–Kier alpha value is -0.360. The minimum absolute atomic E-state index is 0.0882. The molecule has 6 atom stereocenters. The number of carbonyl (C=O) groups excluding carboxylic acids is 1. The molecule has 0 aromatic carbocycles. The number of hydrogen-bond acceptors (Lipinski definition) is 4. The number of amides is 1. The lowest BCUT2D eigenvalue weighted by Gasteiger charge is -2.35. The van der Waals surface area contributed by atoms with Crippen LogP contribution in [-0.4, -0.2) is 43.1 Å². The Bertz CT molecular complexity index is 420.